The Morgan fingerprint density at radius 1 is 1.14 bits per heavy atom. The number of amides is 2. The predicted octanol–water partition coefficient (Wildman–Crippen LogP) is 4.63. The van der Waals surface area contributed by atoms with Crippen LogP contribution in [0, 0.1) is 0 Å². The van der Waals surface area contributed by atoms with Gasteiger partial charge in [-0.1, -0.05) is 32.0 Å². The summed E-state index contributed by atoms with van der Waals surface area (Å²) in [5, 5.41) is 3.21. The van der Waals surface area contributed by atoms with E-state index in [2.05, 4.69) is 19.2 Å². The van der Waals surface area contributed by atoms with Gasteiger partial charge < -0.3 is 15.0 Å². The number of hydrogen-bond donors (Lipinski definition) is 1. The maximum absolute atomic E-state index is 13.0. The predicted molar refractivity (Wildman–Crippen MR) is 113 cm³/mol. The number of nitrogens with one attached hydrogen (secondary N) is 1. The SMILES string of the molecule is CCC1(CC)C[C@@H](NC(=O)c2ccc(N3CCCC3=O)cc2)c2ccccc2O1. The van der Waals surface area contributed by atoms with E-state index in [1.54, 1.807) is 17.0 Å². The molecule has 2 heterocycles. The van der Waals surface area contributed by atoms with Crippen LogP contribution >= 0.6 is 0 Å². The maximum Gasteiger partial charge on any atom is 0.251 e. The summed E-state index contributed by atoms with van der Waals surface area (Å²) in [6.45, 7) is 5.02. The average Bonchev–Trinajstić information content (AvgIpc) is 3.19. The normalized spacial score (nSPS) is 20.1. The Bertz CT molecular complexity index is 903. The highest BCUT2D eigenvalue weighted by Crippen LogP contribution is 2.42. The van der Waals surface area contributed by atoms with Gasteiger partial charge >= 0.3 is 0 Å². The Morgan fingerprint density at radius 2 is 1.86 bits per heavy atom. The third-order valence-corrected chi connectivity index (χ3v) is 6.31. The second-order valence-corrected chi connectivity index (χ2v) is 7.96. The Kier molecular flexibility index (Phi) is 5.31. The molecule has 2 aliphatic rings. The van der Waals surface area contributed by atoms with Gasteiger partial charge in [0, 0.05) is 36.2 Å². The molecule has 0 spiro atoms. The summed E-state index contributed by atoms with van der Waals surface area (Å²) >= 11 is 0. The van der Waals surface area contributed by atoms with E-state index in [9.17, 15) is 9.59 Å². The first-order valence-corrected chi connectivity index (χ1v) is 10.5. The van der Waals surface area contributed by atoms with Gasteiger partial charge in [-0.25, -0.2) is 0 Å². The van der Waals surface area contributed by atoms with Crippen molar-refractivity contribution in [3.05, 3.63) is 59.7 Å². The quantitative estimate of drug-likeness (QED) is 0.807. The summed E-state index contributed by atoms with van der Waals surface area (Å²) in [5.41, 5.74) is 2.23. The molecule has 0 saturated carbocycles. The topological polar surface area (TPSA) is 58.6 Å². The van der Waals surface area contributed by atoms with Crippen LogP contribution in [0.3, 0.4) is 0 Å². The molecule has 152 valence electrons. The summed E-state index contributed by atoms with van der Waals surface area (Å²) in [5.74, 6) is 0.902. The van der Waals surface area contributed by atoms with Crippen LogP contribution in [0.25, 0.3) is 0 Å². The van der Waals surface area contributed by atoms with Crippen LogP contribution in [0.5, 0.6) is 5.75 Å². The van der Waals surface area contributed by atoms with Gasteiger partial charge in [0.25, 0.3) is 5.91 Å². The number of nitrogens with zero attached hydrogens (tertiary/aromatic N) is 1. The summed E-state index contributed by atoms with van der Waals surface area (Å²) in [7, 11) is 0. The van der Waals surface area contributed by atoms with Crippen LogP contribution in [-0.4, -0.2) is 24.0 Å². The smallest absolute Gasteiger partial charge is 0.251 e. The van der Waals surface area contributed by atoms with E-state index < -0.39 is 0 Å². The molecule has 1 atom stereocenters. The van der Waals surface area contributed by atoms with Gasteiger partial charge in [0.15, 0.2) is 0 Å². The highest BCUT2D eigenvalue weighted by atomic mass is 16.5. The van der Waals surface area contributed by atoms with E-state index in [1.807, 2.05) is 36.4 Å². The minimum atomic E-state index is -0.258. The number of fused-ring (bicyclic) bond motifs is 1. The molecular formula is C24H28N2O3. The Hall–Kier alpha value is -2.82. The molecule has 4 rings (SSSR count). The molecule has 5 nitrogen and oxygen atoms in total. The number of benzene rings is 2. The van der Waals surface area contributed by atoms with Gasteiger partial charge in [0.05, 0.1) is 6.04 Å². The molecule has 5 heteroatoms. The molecule has 2 amide bonds. The largest absolute Gasteiger partial charge is 0.487 e. The molecule has 0 aliphatic carbocycles. The van der Waals surface area contributed by atoms with E-state index in [1.165, 1.54) is 0 Å². The Morgan fingerprint density at radius 3 is 2.52 bits per heavy atom. The van der Waals surface area contributed by atoms with Crippen LogP contribution in [0.1, 0.15) is 67.9 Å². The number of para-hydroxylation sites is 1. The minimum Gasteiger partial charge on any atom is -0.487 e. The number of anilines is 1. The lowest BCUT2D eigenvalue weighted by molar-refractivity contribution is -0.117. The first kappa shape index (κ1) is 19.5. The van der Waals surface area contributed by atoms with Crippen molar-refractivity contribution in [3.8, 4) is 5.75 Å². The summed E-state index contributed by atoms with van der Waals surface area (Å²) in [6.07, 6.45) is 4.03. The van der Waals surface area contributed by atoms with Crippen molar-refractivity contribution < 1.29 is 14.3 Å². The molecule has 2 aliphatic heterocycles. The highest BCUT2D eigenvalue weighted by molar-refractivity contribution is 5.97. The second-order valence-electron chi connectivity index (χ2n) is 7.96. The van der Waals surface area contributed by atoms with E-state index in [-0.39, 0.29) is 23.5 Å². The zero-order chi connectivity index (χ0) is 20.4. The van der Waals surface area contributed by atoms with Gasteiger partial charge in [-0.2, -0.15) is 0 Å². The third kappa shape index (κ3) is 3.74. The van der Waals surface area contributed by atoms with Crippen molar-refractivity contribution in [2.24, 2.45) is 0 Å². The molecule has 1 fully saturated rings. The summed E-state index contributed by atoms with van der Waals surface area (Å²) in [6, 6.07) is 15.2. The van der Waals surface area contributed by atoms with Gasteiger partial charge in [-0.05, 0) is 49.6 Å². The van der Waals surface area contributed by atoms with Crippen LogP contribution in [0.4, 0.5) is 5.69 Å². The number of carbonyl (C=O) groups excluding carboxylic acids is 2. The standard InChI is InChI=1S/C24H28N2O3/c1-3-24(4-2)16-20(19-8-5-6-9-21(19)29-24)25-23(28)17-11-13-18(14-12-17)26-15-7-10-22(26)27/h5-6,8-9,11-14,20H,3-4,7,10,15-16H2,1-2H3,(H,25,28)/t20-/m1/s1. The van der Waals surface area contributed by atoms with E-state index >= 15 is 0 Å². The van der Waals surface area contributed by atoms with Gasteiger partial charge in [0.2, 0.25) is 5.91 Å². The molecule has 0 aromatic heterocycles. The molecule has 0 radical (unpaired) electrons. The minimum absolute atomic E-state index is 0.0906. The van der Waals surface area contributed by atoms with E-state index in [0.29, 0.717) is 12.0 Å². The molecule has 1 saturated heterocycles. The summed E-state index contributed by atoms with van der Waals surface area (Å²) < 4.78 is 6.33. The Labute approximate surface area is 172 Å². The molecule has 2 aromatic rings. The van der Waals surface area contributed by atoms with E-state index in [4.69, 9.17) is 4.74 Å². The van der Waals surface area contributed by atoms with Crippen LogP contribution < -0.4 is 15.0 Å². The van der Waals surface area contributed by atoms with Crippen molar-refractivity contribution in [1.82, 2.24) is 5.32 Å². The molecule has 0 bridgehead atoms. The van der Waals surface area contributed by atoms with Crippen LogP contribution in [0.2, 0.25) is 0 Å². The van der Waals surface area contributed by atoms with Crippen molar-refractivity contribution in [1.29, 1.82) is 0 Å². The van der Waals surface area contributed by atoms with Gasteiger partial charge in [-0.3, -0.25) is 9.59 Å². The number of hydrogen-bond acceptors (Lipinski definition) is 3. The lowest BCUT2D eigenvalue weighted by Gasteiger charge is -2.41. The molecular weight excluding hydrogens is 364 g/mol. The number of rotatable bonds is 5. The zero-order valence-electron chi connectivity index (χ0n) is 17.1. The van der Waals surface area contributed by atoms with Crippen molar-refractivity contribution in [2.75, 3.05) is 11.4 Å². The van der Waals surface area contributed by atoms with Crippen LogP contribution in [0.15, 0.2) is 48.5 Å². The van der Waals surface area contributed by atoms with Gasteiger partial charge in [0.1, 0.15) is 11.4 Å². The Balaban J connectivity index is 1.53. The second kappa shape index (κ2) is 7.90. The first-order valence-electron chi connectivity index (χ1n) is 10.5. The first-order chi connectivity index (χ1) is 14.0. The lowest BCUT2D eigenvalue weighted by Crippen LogP contribution is -2.44. The molecule has 0 unspecified atom stereocenters. The lowest BCUT2D eigenvalue weighted by atomic mass is 9.83. The van der Waals surface area contributed by atoms with Crippen LogP contribution in [-0.2, 0) is 4.79 Å². The monoisotopic (exact) mass is 392 g/mol. The van der Waals surface area contributed by atoms with Gasteiger partial charge in [-0.15, -0.1) is 0 Å². The fraction of sp³-hybridized carbons (Fsp3) is 0.417. The molecule has 2 aromatic carbocycles. The maximum atomic E-state index is 13.0. The number of carbonyl (C=O) groups is 2. The zero-order valence-corrected chi connectivity index (χ0v) is 17.1. The van der Waals surface area contributed by atoms with E-state index in [0.717, 1.165) is 49.2 Å². The summed E-state index contributed by atoms with van der Waals surface area (Å²) in [4.78, 5) is 26.7. The fourth-order valence-electron chi connectivity index (χ4n) is 4.39. The molecule has 29 heavy (non-hydrogen) atoms. The van der Waals surface area contributed by atoms with Crippen molar-refractivity contribution >= 4 is 17.5 Å². The average molecular weight is 392 g/mol. The third-order valence-electron chi connectivity index (χ3n) is 6.31. The number of ether oxygens (including phenoxy) is 1. The fourth-order valence-corrected chi connectivity index (χ4v) is 4.39. The highest BCUT2D eigenvalue weighted by Gasteiger charge is 2.39. The molecule has 1 N–H and O–H groups in total. The van der Waals surface area contributed by atoms with Crippen molar-refractivity contribution in [2.45, 2.75) is 57.6 Å². The van der Waals surface area contributed by atoms with Crippen molar-refractivity contribution in [3.63, 3.8) is 0 Å².